The maximum atomic E-state index is 13.2. The standard InChI is InChI=1S/C18H20ClFN2O/c19-15-4-2-6-17(12-15)22-9-7-21(8-10-22)13-18(23)14-3-1-5-16(20)11-14/h1-6,11-12,18,23H,7-10,13H2/t18-/m0/s1. The molecule has 1 saturated heterocycles. The van der Waals surface area contributed by atoms with E-state index in [4.69, 9.17) is 11.6 Å². The van der Waals surface area contributed by atoms with Crippen molar-refractivity contribution in [2.75, 3.05) is 37.6 Å². The summed E-state index contributed by atoms with van der Waals surface area (Å²) >= 11 is 6.04. The first-order valence-corrected chi connectivity index (χ1v) is 8.16. The zero-order valence-corrected chi connectivity index (χ0v) is 13.6. The maximum Gasteiger partial charge on any atom is 0.123 e. The second-order valence-corrected chi connectivity index (χ2v) is 6.27. The molecular weight excluding hydrogens is 315 g/mol. The van der Waals surface area contributed by atoms with E-state index in [9.17, 15) is 9.50 Å². The topological polar surface area (TPSA) is 26.7 Å². The van der Waals surface area contributed by atoms with E-state index >= 15 is 0 Å². The number of nitrogens with zero attached hydrogens (tertiary/aromatic N) is 2. The zero-order valence-electron chi connectivity index (χ0n) is 12.8. The quantitative estimate of drug-likeness (QED) is 0.929. The molecular formula is C18H20ClFN2O. The van der Waals surface area contributed by atoms with E-state index in [0.717, 1.165) is 36.9 Å². The molecule has 0 aliphatic carbocycles. The molecule has 23 heavy (non-hydrogen) atoms. The molecule has 0 amide bonds. The van der Waals surface area contributed by atoms with Crippen molar-refractivity contribution in [1.82, 2.24) is 4.90 Å². The van der Waals surface area contributed by atoms with Crippen LogP contribution in [0.25, 0.3) is 0 Å². The summed E-state index contributed by atoms with van der Waals surface area (Å²) in [6.07, 6.45) is -0.664. The van der Waals surface area contributed by atoms with Gasteiger partial charge in [0, 0.05) is 43.4 Å². The third-order valence-corrected chi connectivity index (χ3v) is 4.45. The van der Waals surface area contributed by atoms with Gasteiger partial charge in [-0.1, -0.05) is 29.8 Å². The molecule has 0 unspecified atom stereocenters. The molecule has 1 atom stereocenters. The molecule has 1 heterocycles. The summed E-state index contributed by atoms with van der Waals surface area (Å²) in [6, 6.07) is 14.0. The van der Waals surface area contributed by atoms with Gasteiger partial charge in [-0.05, 0) is 35.9 Å². The first-order valence-electron chi connectivity index (χ1n) is 7.78. The number of piperazine rings is 1. The number of hydrogen-bond donors (Lipinski definition) is 1. The summed E-state index contributed by atoms with van der Waals surface area (Å²) in [5, 5.41) is 11.0. The Labute approximate surface area is 140 Å². The Morgan fingerprint density at radius 2 is 1.78 bits per heavy atom. The SMILES string of the molecule is O[C@@H](CN1CCN(c2cccc(Cl)c2)CC1)c1cccc(F)c1. The van der Waals surface area contributed by atoms with Gasteiger partial charge in [0.2, 0.25) is 0 Å². The van der Waals surface area contributed by atoms with Gasteiger partial charge in [0.1, 0.15) is 5.82 Å². The van der Waals surface area contributed by atoms with Crippen LogP contribution in [0.2, 0.25) is 5.02 Å². The number of halogens is 2. The maximum absolute atomic E-state index is 13.2. The molecule has 1 aliphatic heterocycles. The van der Waals surface area contributed by atoms with Crippen molar-refractivity contribution in [2.45, 2.75) is 6.10 Å². The van der Waals surface area contributed by atoms with E-state index < -0.39 is 6.10 Å². The van der Waals surface area contributed by atoms with Gasteiger partial charge in [0.25, 0.3) is 0 Å². The van der Waals surface area contributed by atoms with Gasteiger partial charge < -0.3 is 10.0 Å². The van der Waals surface area contributed by atoms with Crippen molar-refractivity contribution < 1.29 is 9.50 Å². The molecule has 3 rings (SSSR count). The molecule has 122 valence electrons. The Morgan fingerprint density at radius 3 is 2.48 bits per heavy atom. The molecule has 2 aromatic rings. The van der Waals surface area contributed by atoms with Crippen LogP contribution < -0.4 is 4.90 Å². The zero-order chi connectivity index (χ0) is 16.2. The molecule has 1 aliphatic rings. The fourth-order valence-electron chi connectivity index (χ4n) is 2.93. The van der Waals surface area contributed by atoms with E-state index in [1.807, 2.05) is 18.2 Å². The minimum absolute atomic E-state index is 0.313. The first kappa shape index (κ1) is 16.2. The highest BCUT2D eigenvalue weighted by Gasteiger charge is 2.20. The summed E-state index contributed by atoms with van der Waals surface area (Å²) in [7, 11) is 0. The Morgan fingerprint density at radius 1 is 1.04 bits per heavy atom. The van der Waals surface area contributed by atoms with Crippen LogP contribution in [0.1, 0.15) is 11.7 Å². The van der Waals surface area contributed by atoms with Crippen LogP contribution >= 0.6 is 11.6 Å². The lowest BCUT2D eigenvalue weighted by Crippen LogP contribution is -2.47. The van der Waals surface area contributed by atoms with Gasteiger partial charge in [-0.3, -0.25) is 4.90 Å². The van der Waals surface area contributed by atoms with E-state index in [1.54, 1.807) is 12.1 Å². The van der Waals surface area contributed by atoms with Gasteiger partial charge in [-0.2, -0.15) is 0 Å². The molecule has 1 N–H and O–H groups in total. The van der Waals surface area contributed by atoms with Crippen LogP contribution in [-0.2, 0) is 0 Å². The lowest BCUT2D eigenvalue weighted by molar-refractivity contribution is 0.109. The van der Waals surface area contributed by atoms with Crippen molar-refractivity contribution in [2.24, 2.45) is 0 Å². The largest absolute Gasteiger partial charge is 0.387 e. The highest BCUT2D eigenvalue weighted by molar-refractivity contribution is 6.30. The summed E-state index contributed by atoms with van der Waals surface area (Å²) in [5.41, 5.74) is 1.75. The summed E-state index contributed by atoms with van der Waals surface area (Å²) in [5.74, 6) is -0.313. The van der Waals surface area contributed by atoms with Crippen LogP contribution in [0.3, 0.4) is 0 Å². The molecule has 1 fully saturated rings. The van der Waals surface area contributed by atoms with E-state index in [-0.39, 0.29) is 5.82 Å². The highest BCUT2D eigenvalue weighted by Crippen LogP contribution is 2.22. The van der Waals surface area contributed by atoms with Gasteiger partial charge in [0.15, 0.2) is 0 Å². The molecule has 3 nitrogen and oxygen atoms in total. The smallest absolute Gasteiger partial charge is 0.123 e. The summed E-state index contributed by atoms with van der Waals surface area (Å²) in [6.45, 7) is 4.01. The Bertz CT molecular complexity index is 659. The third-order valence-electron chi connectivity index (χ3n) is 4.21. The minimum Gasteiger partial charge on any atom is -0.387 e. The average Bonchev–Trinajstić information content (AvgIpc) is 2.55. The third kappa shape index (κ3) is 4.22. The number of benzene rings is 2. The van der Waals surface area contributed by atoms with Crippen molar-refractivity contribution in [3.8, 4) is 0 Å². The molecule has 0 radical (unpaired) electrons. The van der Waals surface area contributed by atoms with Crippen molar-refractivity contribution in [1.29, 1.82) is 0 Å². The van der Waals surface area contributed by atoms with Gasteiger partial charge in [-0.15, -0.1) is 0 Å². The van der Waals surface area contributed by atoms with Crippen LogP contribution in [0.5, 0.6) is 0 Å². The van der Waals surface area contributed by atoms with Crippen molar-refractivity contribution in [3.63, 3.8) is 0 Å². The average molecular weight is 335 g/mol. The fourth-order valence-corrected chi connectivity index (χ4v) is 3.11. The van der Waals surface area contributed by atoms with Crippen molar-refractivity contribution >= 4 is 17.3 Å². The minimum atomic E-state index is -0.664. The van der Waals surface area contributed by atoms with Crippen LogP contribution in [0.15, 0.2) is 48.5 Å². The predicted molar refractivity (Wildman–Crippen MR) is 91.5 cm³/mol. The molecule has 0 spiro atoms. The lowest BCUT2D eigenvalue weighted by Gasteiger charge is -2.37. The summed E-state index contributed by atoms with van der Waals surface area (Å²) in [4.78, 5) is 4.49. The Balaban J connectivity index is 1.55. The normalized spacial score (nSPS) is 17.3. The molecule has 2 aromatic carbocycles. The van der Waals surface area contributed by atoms with Gasteiger partial charge >= 0.3 is 0 Å². The van der Waals surface area contributed by atoms with Crippen LogP contribution in [-0.4, -0.2) is 42.7 Å². The number of anilines is 1. The van der Waals surface area contributed by atoms with Crippen molar-refractivity contribution in [3.05, 3.63) is 64.9 Å². The van der Waals surface area contributed by atoms with Gasteiger partial charge in [-0.25, -0.2) is 4.39 Å². The van der Waals surface area contributed by atoms with E-state index in [0.29, 0.717) is 12.1 Å². The number of aliphatic hydroxyl groups is 1. The lowest BCUT2D eigenvalue weighted by atomic mass is 10.1. The highest BCUT2D eigenvalue weighted by atomic mass is 35.5. The second kappa shape index (κ2) is 7.30. The van der Waals surface area contributed by atoms with Crippen LogP contribution in [0.4, 0.5) is 10.1 Å². The Kier molecular flexibility index (Phi) is 5.16. The number of β-amino-alcohol motifs (C(OH)–C–C–N with tert-alkyl or cyclic N) is 1. The Hall–Kier alpha value is -1.62. The molecule has 5 heteroatoms. The molecule has 0 bridgehead atoms. The summed E-state index contributed by atoms with van der Waals surface area (Å²) < 4.78 is 13.2. The monoisotopic (exact) mass is 334 g/mol. The number of aliphatic hydroxyl groups excluding tert-OH is 1. The van der Waals surface area contributed by atoms with E-state index in [2.05, 4.69) is 15.9 Å². The fraction of sp³-hybridized carbons (Fsp3) is 0.333. The molecule has 0 aromatic heterocycles. The van der Waals surface area contributed by atoms with Crippen LogP contribution in [0, 0.1) is 5.82 Å². The second-order valence-electron chi connectivity index (χ2n) is 5.84. The first-order chi connectivity index (χ1) is 11.1. The predicted octanol–water partition coefficient (Wildman–Crippen LogP) is 3.33. The van der Waals surface area contributed by atoms with E-state index in [1.165, 1.54) is 12.1 Å². The number of rotatable bonds is 4. The number of hydrogen-bond acceptors (Lipinski definition) is 3. The molecule has 0 saturated carbocycles. The van der Waals surface area contributed by atoms with Gasteiger partial charge in [0.05, 0.1) is 6.10 Å².